The summed E-state index contributed by atoms with van der Waals surface area (Å²) in [5.74, 6) is -0.181. The zero-order valence-corrected chi connectivity index (χ0v) is 18.0. The van der Waals surface area contributed by atoms with Crippen molar-refractivity contribution >= 4 is 57.0 Å². The van der Waals surface area contributed by atoms with Gasteiger partial charge in [-0.2, -0.15) is 0 Å². The summed E-state index contributed by atoms with van der Waals surface area (Å²) in [6.45, 7) is 4.26. The minimum atomic E-state index is -0.181. The number of piperazine rings is 1. The molecule has 2 aliphatic rings. The van der Waals surface area contributed by atoms with Gasteiger partial charge >= 0.3 is 0 Å². The second-order valence-corrected chi connectivity index (χ2v) is 9.09. The molecule has 0 aliphatic carbocycles. The Hall–Kier alpha value is -2.75. The standard InChI is InChI=1S/C21H20N6OS2/c1-25-6-8-26(9-7-25)15-2-4-16(5-3-15)27-13-23-17-12-22-14(10-18(17)27)11-19-20(28)24-21(29)30-19/h2-5,10-13H,6-9H2,1H3,(H,24,28,29). The van der Waals surface area contributed by atoms with E-state index in [1.807, 2.05) is 10.6 Å². The van der Waals surface area contributed by atoms with Gasteiger partial charge in [-0.3, -0.25) is 14.3 Å². The van der Waals surface area contributed by atoms with Crippen LogP contribution in [0.15, 0.2) is 47.8 Å². The van der Waals surface area contributed by atoms with E-state index in [9.17, 15) is 4.79 Å². The van der Waals surface area contributed by atoms with E-state index >= 15 is 0 Å². The van der Waals surface area contributed by atoms with Gasteiger partial charge in [-0.05, 0) is 43.5 Å². The molecule has 7 nitrogen and oxygen atoms in total. The van der Waals surface area contributed by atoms with Gasteiger partial charge in [0.2, 0.25) is 0 Å². The van der Waals surface area contributed by atoms with Crippen LogP contribution in [0.5, 0.6) is 0 Å². The molecule has 2 saturated heterocycles. The monoisotopic (exact) mass is 436 g/mol. The van der Waals surface area contributed by atoms with E-state index in [-0.39, 0.29) is 5.91 Å². The van der Waals surface area contributed by atoms with Crippen LogP contribution in [0.25, 0.3) is 22.8 Å². The quantitative estimate of drug-likeness (QED) is 0.500. The largest absolute Gasteiger partial charge is 0.369 e. The smallest absolute Gasteiger partial charge is 0.263 e. The first-order chi connectivity index (χ1) is 14.6. The first kappa shape index (κ1) is 19.2. The van der Waals surface area contributed by atoms with Gasteiger partial charge < -0.3 is 15.1 Å². The molecule has 0 bridgehead atoms. The highest BCUT2D eigenvalue weighted by Crippen LogP contribution is 2.27. The summed E-state index contributed by atoms with van der Waals surface area (Å²) in [6, 6.07) is 10.5. The second kappa shape index (κ2) is 7.82. The number of rotatable bonds is 3. The van der Waals surface area contributed by atoms with Gasteiger partial charge in [0.05, 0.1) is 22.3 Å². The Morgan fingerprint density at radius 3 is 2.53 bits per heavy atom. The van der Waals surface area contributed by atoms with Gasteiger partial charge in [0, 0.05) is 37.6 Å². The van der Waals surface area contributed by atoms with E-state index in [1.54, 1.807) is 18.6 Å². The number of nitrogens with zero attached hydrogens (tertiary/aromatic N) is 5. The number of pyridine rings is 1. The van der Waals surface area contributed by atoms with Gasteiger partial charge in [0.25, 0.3) is 5.91 Å². The van der Waals surface area contributed by atoms with Gasteiger partial charge in [-0.25, -0.2) is 4.98 Å². The Balaban J connectivity index is 1.44. The van der Waals surface area contributed by atoms with Crippen molar-refractivity contribution in [2.24, 2.45) is 0 Å². The van der Waals surface area contributed by atoms with Crippen molar-refractivity contribution in [3.8, 4) is 5.69 Å². The normalized spacial score (nSPS) is 19.1. The minimum Gasteiger partial charge on any atom is -0.369 e. The Bertz CT molecular complexity index is 1160. The highest BCUT2D eigenvalue weighted by Gasteiger charge is 2.22. The minimum absolute atomic E-state index is 0.181. The lowest BCUT2D eigenvalue weighted by atomic mass is 10.2. The van der Waals surface area contributed by atoms with E-state index in [1.165, 1.54) is 17.4 Å². The van der Waals surface area contributed by atoms with E-state index in [0.29, 0.717) is 14.9 Å². The SMILES string of the molecule is CN1CCN(c2ccc(-n3cnc4cnc(C=C5SC(=S)NC5=O)cc43)cc2)CC1. The van der Waals surface area contributed by atoms with Crippen LogP contribution in [-0.2, 0) is 4.79 Å². The highest BCUT2D eigenvalue weighted by molar-refractivity contribution is 8.26. The number of hydrogen-bond acceptors (Lipinski definition) is 7. The van der Waals surface area contributed by atoms with E-state index in [4.69, 9.17) is 12.2 Å². The fourth-order valence-corrected chi connectivity index (χ4v) is 4.69. The average Bonchev–Trinajstić information content (AvgIpc) is 3.31. The molecule has 0 unspecified atom stereocenters. The van der Waals surface area contributed by atoms with Crippen molar-refractivity contribution in [2.45, 2.75) is 0 Å². The third kappa shape index (κ3) is 3.71. The highest BCUT2D eigenvalue weighted by atomic mass is 32.2. The second-order valence-electron chi connectivity index (χ2n) is 7.37. The van der Waals surface area contributed by atoms with Crippen LogP contribution >= 0.6 is 24.0 Å². The lowest BCUT2D eigenvalue weighted by Crippen LogP contribution is -2.44. The first-order valence-electron chi connectivity index (χ1n) is 9.69. The van der Waals surface area contributed by atoms with Crippen LogP contribution in [-0.4, -0.2) is 62.9 Å². The lowest BCUT2D eigenvalue weighted by Gasteiger charge is -2.34. The first-order valence-corrected chi connectivity index (χ1v) is 10.9. The van der Waals surface area contributed by atoms with Crippen LogP contribution in [0.4, 0.5) is 5.69 Å². The van der Waals surface area contributed by atoms with Crippen LogP contribution in [0, 0.1) is 0 Å². The fourth-order valence-electron chi connectivity index (χ4n) is 3.66. The summed E-state index contributed by atoms with van der Waals surface area (Å²) in [7, 11) is 2.16. The lowest BCUT2D eigenvalue weighted by molar-refractivity contribution is -0.115. The van der Waals surface area contributed by atoms with Crippen molar-refractivity contribution in [2.75, 3.05) is 38.1 Å². The molecule has 1 N–H and O–H groups in total. The van der Waals surface area contributed by atoms with Crippen molar-refractivity contribution in [1.82, 2.24) is 24.8 Å². The number of anilines is 1. The molecule has 4 heterocycles. The predicted octanol–water partition coefficient (Wildman–Crippen LogP) is 2.66. The molecule has 0 saturated carbocycles. The predicted molar refractivity (Wildman–Crippen MR) is 125 cm³/mol. The summed E-state index contributed by atoms with van der Waals surface area (Å²) in [6.07, 6.45) is 5.29. The molecule has 9 heteroatoms. The van der Waals surface area contributed by atoms with Gasteiger partial charge in [0.15, 0.2) is 0 Å². The Labute approximate surface area is 183 Å². The molecule has 2 aliphatic heterocycles. The molecule has 0 spiro atoms. The number of fused-ring (bicyclic) bond motifs is 1. The molecule has 1 amide bonds. The average molecular weight is 437 g/mol. The molecule has 1 aromatic carbocycles. The number of thiocarbonyl (C=S) groups is 1. The maximum absolute atomic E-state index is 11.9. The third-order valence-electron chi connectivity index (χ3n) is 5.37. The molecule has 0 radical (unpaired) electrons. The van der Waals surface area contributed by atoms with Crippen LogP contribution in [0.3, 0.4) is 0 Å². The molecule has 0 atom stereocenters. The molecule has 3 aromatic rings. The number of thioether (sulfide) groups is 1. The molecule has 2 fully saturated rings. The van der Waals surface area contributed by atoms with Crippen LogP contribution < -0.4 is 10.2 Å². The molecule has 30 heavy (non-hydrogen) atoms. The van der Waals surface area contributed by atoms with Crippen molar-refractivity contribution in [3.63, 3.8) is 0 Å². The Morgan fingerprint density at radius 1 is 1.10 bits per heavy atom. The summed E-state index contributed by atoms with van der Waals surface area (Å²) < 4.78 is 2.51. The van der Waals surface area contributed by atoms with E-state index < -0.39 is 0 Å². The molecule has 152 valence electrons. The fraction of sp³-hybridized carbons (Fsp3) is 0.238. The zero-order chi connectivity index (χ0) is 20.7. The number of carbonyl (C=O) groups is 1. The van der Waals surface area contributed by atoms with Crippen molar-refractivity contribution in [1.29, 1.82) is 0 Å². The van der Waals surface area contributed by atoms with Crippen LogP contribution in [0.1, 0.15) is 5.69 Å². The summed E-state index contributed by atoms with van der Waals surface area (Å²) >= 11 is 6.30. The number of aromatic nitrogens is 3. The van der Waals surface area contributed by atoms with Gasteiger partial charge in [0.1, 0.15) is 16.2 Å². The maximum Gasteiger partial charge on any atom is 0.263 e. The number of amides is 1. The number of likely N-dealkylation sites (N-methyl/N-ethyl adjacent to an activating group) is 1. The number of imidazole rings is 1. The molecule has 5 rings (SSSR count). The third-order valence-corrected chi connectivity index (χ3v) is 6.53. The summed E-state index contributed by atoms with van der Waals surface area (Å²) in [5, 5.41) is 2.63. The topological polar surface area (TPSA) is 66.3 Å². The molecule has 2 aromatic heterocycles. The number of benzene rings is 1. The number of carbonyl (C=O) groups excluding carboxylic acids is 1. The van der Waals surface area contributed by atoms with E-state index in [2.05, 4.69) is 56.4 Å². The Morgan fingerprint density at radius 2 is 1.83 bits per heavy atom. The van der Waals surface area contributed by atoms with Crippen LogP contribution in [0.2, 0.25) is 0 Å². The summed E-state index contributed by atoms with van der Waals surface area (Å²) in [4.78, 5) is 26.1. The molecular formula is C21H20N6OS2. The maximum atomic E-state index is 11.9. The van der Waals surface area contributed by atoms with E-state index in [0.717, 1.165) is 42.9 Å². The van der Waals surface area contributed by atoms with Crippen molar-refractivity contribution in [3.05, 3.63) is 53.5 Å². The van der Waals surface area contributed by atoms with Gasteiger partial charge in [-0.1, -0.05) is 24.0 Å². The number of hydrogen-bond donors (Lipinski definition) is 1. The Kier molecular flexibility index (Phi) is 5.01. The molecular weight excluding hydrogens is 416 g/mol. The van der Waals surface area contributed by atoms with Gasteiger partial charge in [-0.15, -0.1) is 0 Å². The summed E-state index contributed by atoms with van der Waals surface area (Å²) in [5.41, 5.74) is 4.72. The van der Waals surface area contributed by atoms with Crippen molar-refractivity contribution < 1.29 is 4.79 Å². The number of nitrogens with one attached hydrogen (secondary N) is 1. The zero-order valence-electron chi connectivity index (χ0n) is 16.4.